The Bertz CT molecular complexity index is 1350. The highest BCUT2D eigenvalue weighted by atomic mass is 35.5. The van der Waals surface area contributed by atoms with E-state index < -0.39 is 10.0 Å². The Hall–Kier alpha value is -2.82. The summed E-state index contributed by atoms with van der Waals surface area (Å²) in [5, 5.41) is 5.99. The van der Waals surface area contributed by atoms with Crippen LogP contribution >= 0.6 is 22.9 Å². The van der Waals surface area contributed by atoms with Gasteiger partial charge in [0.05, 0.1) is 4.90 Å². The quantitative estimate of drug-likeness (QED) is 0.435. The number of carbonyl (C=O) groups is 1. The second-order valence-electron chi connectivity index (χ2n) is 9.12. The van der Waals surface area contributed by atoms with Crippen molar-refractivity contribution < 1.29 is 17.5 Å². The van der Waals surface area contributed by atoms with Gasteiger partial charge >= 0.3 is 0 Å². The molecule has 3 aromatic rings. The van der Waals surface area contributed by atoms with Gasteiger partial charge in [0.1, 0.15) is 6.04 Å². The highest BCUT2D eigenvalue weighted by molar-refractivity contribution is 7.93. The molecule has 1 aromatic heterocycles. The molecule has 0 unspecified atom stereocenters. The van der Waals surface area contributed by atoms with Crippen molar-refractivity contribution >= 4 is 55.4 Å². The lowest BCUT2D eigenvalue weighted by molar-refractivity contribution is -0.122. The van der Waals surface area contributed by atoms with Crippen molar-refractivity contribution in [2.75, 3.05) is 34.2 Å². The van der Waals surface area contributed by atoms with E-state index in [4.69, 9.17) is 11.6 Å². The highest BCUT2D eigenvalue weighted by Crippen LogP contribution is 2.31. The van der Waals surface area contributed by atoms with Gasteiger partial charge in [-0.05, 0) is 74.2 Å². The van der Waals surface area contributed by atoms with Gasteiger partial charge in [-0.15, -0.1) is 11.3 Å². The Morgan fingerprint density at radius 1 is 1.22 bits per heavy atom. The molecule has 196 valence electrons. The molecule has 3 heterocycles. The van der Waals surface area contributed by atoms with Crippen molar-refractivity contribution in [3.05, 3.63) is 64.6 Å². The number of aromatic nitrogens is 1. The van der Waals surface area contributed by atoms with Crippen molar-refractivity contribution in [3.63, 3.8) is 0 Å². The third-order valence-electron chi connectivity index (χ3n) is 6.74. The number of carbonyl (C=O) groups excluding carboxylic acids is 1. The Labute approximate surface area is 224 Å². The maximum Gasteiger partial charge on any atom is 0.263 e. The van der Waals surface area contributed by atoms with Gasteiger partial charge in [-0.2, -0.15) is 0 Å². The lowest BCUT2D eigenvalue weighted by Crippen LogP contribution is -2.50. The standard InChI is InChI=1S/C25H28ClN5O3S2.3H2/c1-17(31-12-2-3-18-15-19(26)4-9-23(18)31)24(32)28-20-10-13-30(16-20)21-5-7-22(8-6-21)36(33,34)29-25-27-11-14-35-25;;;/h4-9,11,14-15,17,20H,2-3,10,12-13,16H2,1H3,(H,27,29)(H,28,32);3*1H/t17-,20-;;;/m1.../s1. The lowest BCUT2D eigenvalue weighted by Gasteiger charge is -2.36. The molecule has 5 rings (SSSR count). The number of benzene rings is 2. The number of hydrogen-bond donors (Lipinski definition) is 2. The van der Waals surface area contributed by atoms with Gasteiger partial charge in [0, 0.05) is 57.9 Å². The van der Waals surface area contributed by atoms with E-state index in [1.807, 2.05) is 25.1 Å². The maximum atomic E-state index is 13.1. The summed E-state index contributed by atoms with van der Waals surface area (Å²) >= 11 is 7.39. The second kappa shape index (κ2) is 10.3. The van der Waals surface area contributed by atoms with E-state index >= 15 is 0 Å². The first-order valence-corrected chi connectivity index (χ1v) is 14.7. The van der Waals surface area contributed by atoms with Gasteiger partial charge in [0.25, 0.3) is 10.0 Å². The number of amides is 1. The second-order valence-corrected chi connectivity index (χ2v) is 12.1. The molecule has 0 saturated carbocycles. The fourth-order valence-electron chi connectivity index (χ4n) is 4.86. The van der Waals surface area contributed by atoms with E-state index in [-0.39, 0.29) is 27.2 Å². The smallest absolute Gasteiger partial charge is 0.263 e. The first-order chi connectivity index (χ1) is 17.3. The Morgan fingerprint density at radius 2 is 2.03 bits per heavy atom. The number of anilines is 3. The van der Waals surface area contributed by atoms with E-state index in [2.05, 4.69) is 24.8 Å². The number of fused-ring (bicyclic) bond motifs is 1. The molecule has 0 radical (unpaired) electrons. The first kappa shape index (κ1) is 24.9. The van der Waals surface area contributed by atoms with E-state index in [0.717, 1.165) is 48.7 Å². The van der Waals surface area contributed by atoms with Crippen molar-refractivity contribution in [1.82, 2.24) is 10.3 Å². The van der Waals surface area contributed by atoms with Gasteiger partial charge in [0.15, 0.2) is 5.13 Å². The minimum absolute atomic E-state index is 0. The van der Waals surface area contributed by atoms with Crippen LogP contribution < -0.4 is 19.8 Å². The summed E-state index contributed by atoms with van der Waals surface area (Å²) in [5.74, 6) is 0.0133. The van der Waals surface area contributed by atoms with Crippen LogP contribution in [0.25, 0.3) is 0 Å². The van der Waals surface area contributed by atoms with Crippen molar-refractivity contribution in [2.24, 2.45) is 0 Å². The van der Waals surface area contributed by atoms with E-state index in [0.29, 0.717) is 11.7 Å². The van der Waals surface area contributed by atoms with E-state index in [9.17, 15) is 13.2 Å². The number of halogens is 1. The molecular formula is C25H34ClN5O3S2. The predicted molar refractivity (Wildman–Crippen MR) is 151 cm³/mol. The van der Waals surface area contributed by atoms with Crippen LogP contribution in [0.1, 0.15) is 29.6 Å². The molecular weight excluding hydrogens is 518 g/mol. The number of rotatable bonds is 7. The zero-order valence-corrected chi connectivity index (χ0v) is 22.2. The molecule has 2 aromatic carbocycles. The van der Waals surface area contributed by atoms with Gasteiger partial charge in [-0.25, -0.2) is 13.4 Å². The summed E-state index contributed by atoms with van der Waals surface area (Å²) in [5.41, 5.74) is 3.20. The van der Waals surface area contributed by atoms with Crippen molar-refractivity contribution in [3.8, 4) is 0 Å². The molecule has 1 saturated heterocycles. The summed E-state index contributed by atoms with van der Waals surface area (Å²) in [7, 11) is -3.68. The largest absolute Gasteiger partial charge is 0.369 e. The third-order valence-corrected chi connectivity index (χ3v) is 9.15. The summed E-state index contributed by atoms with van der Waals surface area (Å²) in [6, 6.07) is 12.4. The number of hydrogen-bond acceptors (Lipinski definition) is 7. The lowest BCUT2D eigenvalue weighted by atomic mass is 10.00. The summed E-state index contributed by atoms with van der Waals surface area (Å²) < 4.78 is 27.6. The van der Waals surface area contributed by atoms with Crippen molar-refractivity contribution in [1.29, 1.82) is 0 Å². The SMILES string of the molecule is C[C@H](C(=O)N[C@@H]1CCN(c2ccc(S(=O)(=O)Nc3nccs3)cc2)C1)N1CCCc2cc(Cl)ccc21.[HH].[HH].[HH]. The average molecular weight is 552 g/mol. The number of aryl methyl sites for hydroxylation is 1. The van der Waals surface area contributed by atoms with Crippen LogP contribution in [0, 0.1) is 0 Å². The van der Waals surface area contributed by atoms with Gasteiger partial charge in [-0.3, -0.25) is 9.52 Å². The molecule has 8 nitrogen and oxygen atoms in total. The monoisotopic (exact) mass is 551 g/mol. The van der Waals surface area contributed by atoms with Gasteiger partial charge in [0.2, 0.25) is 5.91 Å². The van der Waals surface area contributed by atoms with Crippen LogP contribution in [0.3, 0.4) is 0 Å². The topological polar surface area (TPSA) is 94.6 Å². The summed E-state index contributed by atoms with van der Waals surface area (Å²) in [6.07, 6.45) is 4.35. The summed E-state index contributed by atoms with van der Waals surface area (Å²) in [4.78, 5) is 21.6. The minimum atomic E-state index is -3.68. The molecule has 0 aliphatic carbocycles. The van der Waals surface area contributed by atoms with Crippen LogP contribution in [0.5, 0.6) is 0 Å². The van der Waals surface area contributed by atoms with Gasteiger partial charge < -0.3 is 15.1 Å². The predicted octanol–water partition coefficient (Wildman–Crippen LogP) is 4.87. The highest BCUT2D eigenvalue weighted by Gasteiger charge is 2.30. The van der Waals surface area contributed by atoms with Crippen LogP contribution in [0.15, 0.2) is 58.9 Å². The normalized spacial score (nSPS) is 18.6. The van der Waals surface area contributed by atoms with E-state index in [1.54, 1.807) is 35.8 Å². The third kappa shape index (κ3) is 5.30. The Balaban J connectivity index is 0.00000178. The molecule has 1 amide bonds. The molecule has 0 bridgehead atoms. The van der Waals surface area contributed by atoms with Crippen LogP contribution in [-0.4, -0.2) is 51.0 Å². The molecule has 36 heavy (non-hydrogen) atoms. The zero-order valence-electron chi connectivity index (χ0n) is 19.9. The Morgan fingerprint density at radius 3 is 2.78 bits per heavy atom. The average Bonchev–Trinajstić information content (AvgIpc) is 3.55. The molecule has 0 spiro atoms. The fraction of sp³-hybridized carbons (Fsp3) is 0.360. The van der Waals surface area contributed by atoms with Crippen LogP contribution in [0.4, 0.5) is 16.5 Å². The number of nitrogens with one attached hydrogen (secondary N) is 2. The molecule has 2 aliphatic rings. The van der Waals surface area contributed by atoms with E-state index in [1.165, 1.54) is 16.9 Å². The summed E-state index contributed by atoms with van der Waals surface area (Å²) in [6.45, 7) is 4.25. The molecule has 2 atom stereocenters. The first-order valence-electron chi connectivity index (χ1n) is 11.9. The number of nitrogens with zero attached hydrogens (tertiary/aromatic N) is 3. The van der Waals surface area contributed by atoms with Gasteiger partial charge in [-0.1, -0.05) is 11.6 Å². The van der Waals surface area contributed by atoms with Crippen molar-refractivity contribution in [2.45, 2.75) is 43.2 Å². The Kier molecular flexibility index (Phi) is 7.09. The number of sulfonamides is 1. The van der Waals surface area contributed by atoms with Crippen LogP contribution in [-0.2, 0) is 21.2 Å². The zero-order chi connectivity index (χ0) is 25.3. The molecule has 2 aliphatic heterocycles. The maximum absolute atomic E-state index is 13.1. The molecule has 1 fully saturated rings. The number of thiazole rings is 1. The minimum Gasteiger partial charge on any atom is -0.369 e. The molecule has 2 N–H and O–H groups in total. The fourth-order valence-corrected chi connectivity index (χ4v) is 6.84. The van der Waals surface area contributed by atoms with Crippen LogP contribution in [0.2, 0.25) is 5.02 Å². The molecule has 11 heteroatoms.